The van der Waals surface area contributed by atoms with Crippen molar-refractivity contribution in [1.82, 2.24) is 19.5 Å². The van der Waals surface area contributed by atoms with Crippen molar-refractivity contribution in [3.8, 4) is 39.6 Å². The Hall–Kier alpha value is -7.04. The first-order chi connectivity index (χ1) is 25.8. The monoisotopic (exact) mass is 662 g/mol. The molecule has 4 heteroatoms. The molecule has 11 aromatic rings. The SMILES string of the molecule is c1ccc(-n2c(-c3ccc(-c4ccc(-c5nc6c7ccccc7c7ccccc7c6[nH]5)cc4)cc3)nc3c4ccccc4c4ccccc4c32)cc1. The highest BCUT2D eigenvalue weighted by molar-refractivity contribution is 6.25. The fourth-order valence-electron chi connectivity index (χ4n) is 8.12. The minimum absolute atomic E-state index is 0.873. The van der Waals surface area contributed by atoms with Crippen LogP contribution in [-0.2, 0) is 0 Å². The number of imidazole rings is 2. The van der Waals surface area contributed by atoms with Crippen molar-refractivity contribution in [1.29, 1.82) is 0 Å². The number of hydrogen-bond donors (Lipinski definition) is 1. The molecule has 9 aromatic carbocycles. The van der Waals surface area contributed by atoms with Gasteiger partial charge in [0, 0.05) is 38.4 Å². The fraction of sp³-hybridized carbons (Fsp3) is 0. The van der Waals surface area contributed by atoms with E-state index in [0.717, 1.165) is 72.4 Å². The van der Waals surface area contributed by atoms with Crippen LogP contribution in [0, 0.1) is 0 Å². The van der Waals surface area contributed by atoms with Gasteiger partial charge in [-0.1, -0.05) is 164 Å². The summed E-state index contributed by atoms with van der Waals surface area (Å²) in [6.45, 7) is 0. The molecule has 0 bridgehead atoms. The van der Waals surface area contributed by atoms with Crippen molar-refractivity contribution in [3.05, 3.63) is 176 Å². The molecule has 0 fully saturated rings. The molecular weight excluding hydrogens is 633 g/mol. The maximum Gasteiger partial charge on any atom is 0.145 e. The summed E-state index contributed by atoms with van der Waals surface area (Å²) in [5, 5.41) is 9.63. The highest BCUT2D eigenvalue weighted by Crippen LogP contribution is 2.40. The Morgan fingerprint density at radius 1 is 0.346 bits per heavy atom. The third kappa shape index (κ3) is 4.28. The normalized spacial score (nSPS) is 11.8. The lowest BCUT2D eigenvalue weighted by molar-refractivity contribution is 1.11. The molecule has 4 nitrogen and oxygen atoms in total. The number of para-hydroxylation sites is 1. The van der Waals surface area contributed by atoms with Crippen LogP contribution in [0.5, 0.6) is 0 Å². The number of rotatable bonds is 4. The summed E-state index contributed by atoms with van der Waals surface area (Å²) in [6.07, 6.45) is 0. The molecule has 0 saturated heterocycles. The molecule has 0 radical (unpaired) electrons. The number of nitrogens with one attached hydrogen (secondary N) is 1. The summed E-state index contributed by atoms with van der Waals surface area (Å²) in [5.41, 5.74) is 9.73. The predicted molar refractivity (Wildman–Crippen MR) is 217 cm³/mol. The minimum atomic E-state index is 0.873. The molecule has 0 aliphatic rings. The molecule has 0 aliphatic heterocycles. The molecule has 11 rings (SSSR count). The number of aromatic amines is 1. The van der Waals surface area contributed by atoms with Gasteiger partial charge in [-0.05, 0) is 44.8 Å². The fourth-order valence-corrected chi connectivity index (χ4v) is 8.12. The first-order valence-corrected chi connectivity index (χ1v) is 17.7. The van der Waals surface area contributed by atoms with Crippen molar-refractivity contribution in [2.24, 2.45) is 0 Å². The summed E-state index contributed by atoms with van der Waals surface area (Å²) >= 11 is 0. The van der Waals surface area contributed by atoms with Gasteiger partial charge >= 0.3 is 0 Å². The van der Waals surface area contributed by atoms with Gasteiger partial charge in [-0.25, -0.2) is 9.97 Å². The van der Waals surface area contributed by atoms with E-state index < -0.39 is 0 Å². The summed E-state index contributed by atoms with van der Waals surface area (Å²) in [4.78, 5) is 14.2. The van der Waals surface area contributed by atoms with E-state index in [4.69, 9.17) is 9.97 Å². The smallest absolute Gasteiger partial charge is 0.145 e. The maximum atomic E-state index is 5.39. The standard InChI is InChI=1S/C48H30N4/c1-2-12-34(13-3-1)52-46-42-21-11-7-17-38(42)37-16-6-10-20-41(37)45(46)51-48(52)33-28-24-31(25-29-33)30-22-26-32(27-23-30)47-49-43-39-18-8-4-14-35(39)36-15-5-9-19-40(36)44(43)50-47/h1-29H,(H,49,50). The lowest BCUT2D eigenvalue weighted by Crippen LogP contribution is -1.98. The molecule has 0 spiro atoms. The summed E-state index contributed by atoms with van der Waals surface area (Å²) in [5.74, 6) is 1.80. The Kier molecular flexibility index (Phi) is 6.22. The molecule has 0 aliphatic carbocycles. The molecule has 1 N–H and O–H groups in total. The Balaban J connectivity index is 1.01. The van der Waals surface area contributed by atoms with Gasteiger partial charge in [0.25, 0.3) is 0 Å². The van der Waals surface area contributed by atoms with Gasteiger partial charge in [-0.15, -0.1) is 0 Å². The third-order valence-corrected chi connectivity index (χ3v) is 10.6. The van der Waals surface area contributed by atoms with Crippen LogP contribution in [0.1, 0.15) is 0 Å². The molecular formula is C48H30N4. The Labute approximate surface area is 299 Å². The van der Waals surface area contributed by atoms with Gasteiger partial charge in [-0.2, -0.15) is 0 Å². The molecule has 2 heterocycles. The van der Waals surface area contributed by atoms with E-state index in [9.17, 15) is 0 Å². The van der Waals surface area contributed by atoms with E-state index in [1.807, 2.05) is 0 Å². The number of fused-ring (bicyclic) bond motifs is 12. The molecule has 0 atom stereocenters. The molecule has 2 aromatic heterocycles. The molecule has 52 heavy (non-hydrogen) atoms. The van der Waals surface area contributed by atoms with Crippen molar-refractivity contribution >= 4 is 65.2 Å². The van der Waals surface area contributed by atoms with E-state index in [0.29, 0.717) is 0 Å². The van der Waals surface area contributed by atoms with E-state index in [1.54, 1.807) is 0 Å². The zero-order chi connectivity index (χ0) is 34.2. The summed E-state index contributed by atoms with van der Waals surface area (Å²) < 4.78 is 2.33. The zero-order valence-corrected chi connectivity index (χ0v) is 28.1. The maximum absolute atomic E-state index is 5.39. The largest absolute Gasteiger partial charge is 0.337 e. The van der Waals surface area contributed by atoms with Crippen molar-refractivity contribution in [3.63, 3.8) is 0 Å². The molecule has 0 saturated carbocycles. The van der Waals surface area contributed by atoms with Crippen molar-refractivity contribution < 1.29 is 0 Å². The number of nitrogens with zero attached hydrogens (tertiary/aromatic N) is 3. The first-order valence-electron chi connectivity index (χ1n) is 17.7. The van der Waals surface area contributed by atoms with Gasteiger partial charge in [0.1, 0.15) is 11.6 Å². The van der Waals surface area contributed by atoms with Gasteiger partial charge < -0.3 is 4.98 Å². The van der Waals surface area contributed by atoms with Crippen LogP contribution in [0.3, 0.4) is 0 Å². The van der Waals surface area contributed by atoms with Gasteiger partial charge in [0.05, 0.1) is 22.1 Å². The van der Waals surface area contributed by atoms with Crippen LogP contribution in [-0.4, -0.2) is 19.5 Å². The highest BCUT2D eigenvalue weighted by atomic mass is 15.1. The Morgan fingerprint density at radius 2 is 0.788 bits per heavy atom. The average Bonchev–Trinajstić information content (AvgIpc) is 3.86. The second-order valence-electron chi connectivity index (χ2n) is 13.4. The van der Waals surface area contributed by atoms with Crippen molar-refractivity contribution in [2.75, 3.05) is 0 Å². The van der Waals surface area contributed by atoms with Crippen LogP contribution >= 0.6 is 0 Å². The summed E-state index contributed by atoms with van der Waals surface area (Å²) in [6, 6.07) is 62.5. The second kappa shape index (κ2) is 11.2. The molecule has 0 unspecified atom stereocenters. The Morgan fingerprint density at radius 3 is 1.40 bits per heavy atom. The van der Waals surface area contributed by atoms with E-state index in [-0.39, 0.29) is 0 Å². The number of aromatic nitrogens is 4. The zero-order valence-electron chi connectivity index (χ0n) is 28.1. The van der Waals surface area contributed by atoms with Crippen LogP contribution in [0.2, 0.25) is 0 Å². The highest BCUT2D eigenvalue weighted by Gasteiger charge is 2.20. The van der Waals surface area contributed by atoms with E-state index in [1.165, 1.54) is 32.3 Å². The average molecular weight is 663 g/mol. The molecule has 242 valence electrons. The lowest BCUT2D eigenvalue weighted by Gasteiger charge is -2.12. The van der Waals surface area contributed by atoms with Gasteiger partial charge in [0.2, 0.25) is 0 Å². The van der Waals surface area contributed by atoms with Crippen LogP contribution in [0.15, 0.2) is 176 Å². The minimum Gasteiger partial charge on any atom is -0.337 e. The van der Waals surface area contributed by atoms with Crippen LogP contribution in [0.25, 0.3) is 105 Å². The topological polar surface area (TPSA) is 46.5 Å². The van der Waals surface area contributed by atoms with E-state index >= 15 is 0 Å². The van der Waals surface area contributed by atoms with Gasteiger partial charge in [0.15, 0.2) is 0 Å². The van der Waals surface area contributed by atoms with Crippen LogP contribution in [0.4, 0.5) is 0 Å². The quantitative estimate of drug-likeness (QED) is 0.191. The second-order valence-corrected chi connectivity index (χ2v) is 13.4. The Bertz CT molecular complexity index is 3080. The predicted octanol–water partition coefficient (Wildman–Crippen LogP) is 12.5. The summed E-state index contributed by atoms with van der Waals surface area (Å²) in [7, 11) is 0. The lowest BCUT2D eigenvalue weighted by atomic mass is 10.00. The first kappa shape index (κ1) is 28.8. The van der Waals surface area contributed by atoms with Crippen molar-refractivity contribution in [2.45, 2.75) is 0 Å². The number of H-pyrrole nitrogens is 1. The number of hydrogen-bond acceptors (Lipinski definition) is 2. The van der Waals surface area contributed by atoms with Crippen LogP contribution < -0.4 is 0 Å². The number of benzene rings is 9. The van der Waals surface area contributed by atoms with Gasteiger partial charge in [-0.3, -0.25) is 4.57 Å². The van der Waals surface area contributed by atoms with E-state index in [2.05, 4.69) is 185 Å². The molecule has 0 amide bonds. The third-order valence-electron chi connectivity index (χ3n) is 10.6.